The minimum atomic E-state index is 0.203. The van der Waals surface area contributed by atoms with Gasteiger partial charge in [-0.3, -0.25) is 0 Å². The maximum atomic E-state index is 9.63. The van der Waals surface area contributed by atoms with E-state index in [9.17, 15) is 10.4 Å². The largest absolute Gasteiger partial charge is 0.508 e. The Balaban J connectivity index is 2.41. The van der Waals surface area contributed by atoms with Crippen LogP contribution in [0.25, 0.3) is 21.9 Å². The van der Waals surface area contributed by atoms with E-state index < -0.39 is 0 Å². The van der Waals surface area contributed by atoms with Crippen LogP contribution in [0, 0.1) is 11.3 Å². The smallest absolute Gasteiger partial charge is 0.116 e. The van der Waals surface area contributed by atoms with Crippen molar-refractivity contribution in [1.29, 1.82) is 5.26 Å². The minimum Gasteiger partial charge on any atom is -0.508 e. The second-order valence-electron chi connectivity index (χ2n) is 4.37. The zero-order valence-electron chi connectivity index (χ0n) is 10.2. The maximum Gasteiger partial charge on any atom is 0.116 e. The first-order valence-corrected chi connectivity index (χ1v) is 6.01. The van der Waals surface area contributed by atoms with E-state index in [4.69, 9.17) is 0 Å². The van der Waals surface area contributed by atoms with E-state index in [1.54, 1.807) is 18.2 Å². The van der Waals surface area contributed by atoms with Crippen molar-refractivity contribution in [3.63, 3.8) is 0 Å². The Kier molecular flexibility index (Phi) is 2.66. The summed E-state index contributed by atoms with van der Waals surface area (Å²) in [6, 6.07) is 20.9. The quantitative estimate of drug-likeness (QED) is 0.701. The molecule has 3 aromatic carbocycles. The zero-order valence-corrected chi connectivity index (χ0v) is 10.2. The minimum absolute atomic E-state index is 0.203. The highest BCUT2D eigenvalue weighted by Crippen LogP contribution is 2.33. The van der Waals surface area contributed by atoms with Crippen molar-refractivity contribution in [1.82, 2.24) is 0 Å². The number of phenols is 1. The fourth-order valence-electron chi connectivity index (χ4n) is 2.34. The zero-order chi connectivity index (χ0) is 13.2. The summed E-state index contributed by atoms with van der Waals surface area (Å²) in [5, 5.41) is 21.0. The summed E-state index contributed by atoms with van der Waals surface area (Å²) in [6.07, 6.45) is 0. The standard InChI is InChI=1S/C17H11NO/c18-11-14-9-8-12-4-1-2-7-16(12)17(14)13-5-3-6-15(19)10-13/h1-10,19H. The summed E-state index contributed by atoms with van der Waals surface area (Å²) < 4.78 is 0. The van der Waals surface area contributed by atoms with Crippen molar-refractivity contribution in [2.75, 3.05) is 0 Å². The van der Waals surface area contributed by atoms with Gasteiger partial charge in [-0.05, 0) is 34.5 Å². The van der Waals surface area contributed by atoms with Gasteiger partial charge in [-0.15, -0.1) is 0 Å². The lowest BCUT2D eigenvalue weighted by Gasteiger charge is -2.09. The molecular weight excluding hydrogens is 234 g/mol. The molecule has 0 radical (unpaired) electrons. The first-order chi connectivity index (χ1) is 9.29. The number of phenolic OH excluding ortho intramolecular Hbond substituents is 1. The number of aromatic hydroxyl groups is 1. The van der Waals surface area contributed by atoms with Crippen LogP contribution < -0.4 is 0 Å². The molecule has 0 unspecified atom stereocenters. The van der Waals surface area contributed by atoms with Gasteiger partial charge in [-0.2, -0.15) is 5.26 Å². The number of nitrogens with zero attached hydrogens (tertiary/aromatic N) is 1. The molecule has 0 aliphatic carbocycles. The van der Waals surface area contributed by atoms with Crippen LogP contribution in [0.4, 0.5) is 0 Å². The van der Waals surface area contributed by atoms with Gasteiger partial charge >= 0.3 is 0 Å². The van der Waals surface area contributed by atoms with Crippen LogP contribution in [0.5, 0.6) is 5.75 Å². The SMILES string of the molecule is N#Cc1ccc2ccccc2c1-c1cccc(O)c1. The fraction of sp³-hybridized carbons (Fsp3) is 0. The molecule has 0 saturated heterocycles. The molecule has 0 spiro atoms. The summed E-state index contributed by atoms with van der Waals surface area (Å²) in [4.78, 5) is 0. The topological polar surface area (TPSA) is 44.0 Å². The third-order valence-electron chi connectivity index (χ3n) is 3.18. The average Bonchev–Trinajstić information content (AvgIpc) is 2.46. The molecule has 19 heavy (non-hydrogen) atoms. The maximum absolute atomic E-state index is 9.63. The third kappa shape index (κ3) is 1.92. The van der Waals surface area contributed by atoms with Gasteiger partial charge in [-0.25, -0.2) is 0 Å². The van der Waals surface area contributed by atoms with E-state index in [0.29, 0.717) is 5.56 Å². The lowest BCUT2D eigenvalue weighted by molar-refractivity contribution is 0.475. The fourth-order valence-corrected chi connectivity index (χ4v) is 2.34. The molecule has 0 saturated carbocycles. The molecule has 0 heterocycles. The van der Waals surface area contributed by atoms with Crippen LogP contribution in [-0.2, 0) is 0 Å². The van der Waals surface area contributed by atoms with Crippen LogP contribution in [0.15, 0.2) is 60.7 Å². The molecule has 3 rings (SSSR count). The van der Waals surface area contributed by atoms with Gasteiger partial charge in [0, 0.05) is 5.56 Å². The van der Waals surface area contributed by atoms with Crippen molar-refractivity contribution < 1.29 is 5.11 Å². The van der Waals surface area contributed by atoms with Crippen molar-refractivity contribution in [2.45, 2.75) is 0 Å². The molecule has 0 aromatic heterocycles. The van der Waals surface area contributed by atoms with Crippen LogP contribution in [-0.4, -0.2) is 5.11 Å². The number of rotatable bonds is 1. The van der Waals surface area contributed by atoms with E-state index in [1.165, 1.54) is 0 Å². The number of hydrogen-bond donors (Lipinski definition) is 1. The summed E-state index contributed by atoms with van der Waals surface area (Å²) in [7, 11) is 0. The normalized spacial score (nSPS) is 10.3. The first kappa shape index (κ1) is 11.3. The van der Waals surface area contributed by atoms with Crippen molar-refractivity contribution in [3.05, 3.63) is 66.2 Å². The Morgan fingerprint density at radius 3 is 2.53 bits per heavy atom. The van der Waals surface area contributed by atoms with E-state index >= 15 is 0 Å². The first-order valence-electron chi connectivity index (χ1n) is 6.01. The second-order valence-corrected chi connectivity index (χ2v) is 4.37. The van der Waals surface area contributed by atoms with Crippen LogP contribution in [0.2, 0.25) is 0 Å². The van der Waals surface area contributed by atoms with Crippen molar-refractivity contribution in [3.8, 4) is 22.9 Å². The molecular formula is C17H11NO. The van der Waals surface area contributed by atoms with Gasteiger partial charge in [0.2, 0.25) is 0 Å². The predicted molar refractivity (Wildman–Crippen MR) is 75.8 cm³/mol. The Bertz CT molecular complexity index is 800. The molecule has 90 valence electrons. The molecule has 3 aromatic rings. The average molecular weight is 245 g/mol. The van der Waals surface area contributed by atoms with Gasteiger partial charge in [-0.1, -0.05) is 42.5 Å². The number of nitriles is 1. The summed E-state index contributed by atoms with van der Waals surface area (Å²) >= 11 is 0. The molecule has 0 amide bonds. The number of hydrogen-bond acceptors (Lipinski definition) is 2. The highest BCUT2D eigenvalue weighted by Gasteiger charge is 2.09. The van der Waals surface area contributed by atoms with Gasteiger partial charge in [0.05, 0.1) is 11.6 Å². The second kappa shape index (κ2) is 4.47. The lowest BCUT2D eigenvalue weighted by Crippen LogP contribution is -1.87. The van der Waals surface area contributed by atoms with Crippen LogP contribution in [0.3, 0.4) is 0 Å². The highest BCUT2D eigenvalue weighted by atomic mass is 16.3. The Hall–Kier alpha value is -2.79. The molecule has 0 fully saturated rings. The Morgan fingerprint density at radius 1 is 0.895 bits per heavy atom. The summed E-state index contributed by atoms with van der Waals surface area (Å²) in [5.74, 6) is 0.203. The highest BCUT2D eigenvalue weighted by molar-refractivity contribution is 5.99. The number of fused-ring (bicyclic) bond motifs is 1. The molecule has 2 heteroatoms. The molecule has 0 bridgehead atoms. The van der Waals surface area contributed by atoms with Gasteiger partial charge in [0.15, 0.2) is 0 Å². The Labute approximate surface area is 111 Å². The summed E-state index contributed by atoms with van der Waals surface area (Å²) in [5.41, 5.74) is 2.34. The van der Waals surface area contributed by atoms with E-state index in [0.717, 1.165) is 21.9 Å². The van der Waals surface area contributed by atoms with E-state index in [2.05, 4.69) is 6.07 Å². The molecule has 0 atom stereocenters. The summed E-state index contributed by atoms with van der Waals surface area (Å²) in [6.45, 7) is 0. The van der Waals surface area contributed by atoms with Gasteiger partial charge < -0.3 is 5.11 Å². The predicted octanol–water partition coefficient (Wildman–Crippen LogP) is 4.08. The van der Waals surface area contributed by atoms with Gasteiger partial charge in [0.25, 0.3) is 0 Å². The van der Waals surface area contributed by atoms with E-state index in [-0.39, 0.29) is 5.75 Å². The van der Waals surface area contributed by atoms with Gasteiger partial charge in [0.1, 0.15) is 5.75 Å². The molecule has 0 aliphatic rings. The van der Waals surface area contributed by atoms with Crippen molar-refractivity contribution >= 4 is 10.8 Å². The number of benzene rings is 3. The lowest BCUT2D eigenvalue weighted by atomic mass is 9.94. The molecule has 1 N–H and O–H groups in total. The Morgan fingerprint density at radius 2 is 1.74 bits per heavy atom. The van der Waals surface area contributed by atoms with Crippen LogP contribution >= 0.6 is 0 Å². The third-order valence-corrected chi connectivity index (χ3v) is 3.18. The van der Waals surface area contributed by atoms with E-state index in [1.807, 2.05) is 42.5 Å². The monoisotopic (exact) mass is 245 g/mol. The molecule has 2 nitrogen and oxygen atoms in total. The van der Waals surface area contributed by atoms with Crippen LogP contribution in [0.1, 0.15) is 5.56 Å². The van der Waals surface area contributed by atoms with Crippen molar-refractivity contribution in [2.24, 2.45) is 0 Å². The molecule has 0 aliphatic heterocycles.